The number of anilines is 1. The fourth-order valence-electron chi connectivity index (χ4n) is 5.95. The van der Waals surface area contributed by atoms with Gasteiger partial charge in [0.2, 0.25) is 11.9 Å². The smallest absolute Gasteiger partial charge is 0.239 e. The summed E-state index contributed by atoms with van der Waals surface area (Å²) in [4.78, 5) is 38.6. The number of fused-ring (bicyclic) bond motifs is 2. The fraction of sp³-hybridized carbons (Fsp3) is 0.536. The monoisotopic (exact) mass is 546 g/mol. The van der Waals surface area contributed by atoms with Gasteiger partial charge in [-0.15, -0.1) is 0 Å². The van der Waals surface area contributed by atoms with Gasteiger partial charge in [0, 0.05) is 51.7 Å². The number of benzene rings is 1. The quantitative estimate of drug-likeness (QED) is 0.367. The van der Waals surface area contributed by atoms with Crippen LogP contribution in [0.5, 0.6) is 0 Å². The molecule has 1 amide bonds. The highest BCUT2D eigenvalue weighted by atomic mass is 16.5. The average molecular weight is 547 g/mol. The number of imidazole rings is 2. The predicted octanol–water partition coefficient (Wildman–Crippen LogP) is 1.48. The van der Waals surface area contributed by atoms with E-state index in [1.165, 1.54) is 0 Å². The number of carbonyl (C=O) groups is 1. The van der Waals surface area contributed by atoms with Gasteiger partial charge in [-0.2, -0.15) is 9.97 Å². The summed E-state index contributed by atoms with van der Waals surface area (Å²) in [6.07, 6.45) is 0.761. The maximum Gasteiger partial charge on any atom is 0.239 e. The van der Waals surface area contributed by atoms with Gasteiger partial charge in [-0.05, 0) is 26.0 Å². The maximum absolute atomic E-state index is 11.5. The van der Waals surface area contributed by atoms with E-state index in [1.54, 1.807) is 0 Å². The summed E-state index contributed by atoms with van der Waals surface area (Å²) in [6, 6.07) is 8.59. The van der Waals surface area contributed by atoms with E-state index in [-0.39, 0.29) is 24.5 Å². The summed E-state index contributed by atoms with van der Waals surface area (Å²) in [5.41, 5.74) is 9.01. The summed E-state index contributed by atoms with van der Waals surface area (Å²) in [5, 5.41) is 0. The molecule has 2 N–H and O–H groups in total. The number of rotatable bonds is 7. The van der Waals surface area contributed by atoms with Crippen molar-refractivity contribution in [2.45, 2.75) is 45.8 Å². The summed E-state index contributed by atoms with van der Waals surface area (Å²) in [6.45, 7) is 11.8. The van der Waals surface area contributed by atoms with Gasteiger partial charge in [0.15, 0.2) is 17.0 Å². The zero-order valence-corrected chi connectivity index (χ0v) is 23.7. The number of primary amides is 1. The highest BCUT2D eigenvalue weighted by Gasteiger charge is 2.31. The van der Waals surface area contributed by atoms with Crippen molar-refractivity contribution in [1.29, 1.82) is 0 Å². The first-order chi connectivity index (χ1) is 19.3. The molecule has 2 aliphatic rings. The molecule has 2 fully saturated rings. The molecule has 1 aromatic carbocycles. The normalized spacial score (nSPS) is 21.1. The standard InChI is InChI=1S/C28H38N10O2/c1-5-23-30-20-8-6-7-9-21(20)38(23)28-32-26-25(27(33-28)35-10-12-40-13-11-35)31-24(34(26)4)17-37-15-18(2)36(14-19(37)3)16-22(29)39/h6-9,18-19H,5,10-17H2,1-4H3,(H2,29,39)/t18-,19?/m0/s1. The number of hydrogen-bond acceptors (Lipinski definition) is 9. The lowest BCUT2D eigenvalue weighted by Crippen LogP contribution is -2.57. The summed E-state index contributed by atoms with van der Waals surface area (Å²) < 4.78 is 9.82. The van der Waals surface area contributed by atoms with Crippen LogP contribution in [0.2, 0.25) is 0 Å². The number of carbonyl (C=O) groups excluding carboxylic acids is 1. The Morgan fingerprint density at radius 1 is 1.00 bits per heavy atom. The Kier molecular flexibility index (Phi) is 7.15. The Hall–Kier alpha value is -3.61. The van der Waals surface area contributed by atoms with E-state index in [9.17, 15) is 4.79 Å². The average Bonchev–Trinajstić information content (AvgIpc) is 3.48. The minimum Gasteiger partial charge on any atom is -0.378 e. The lowest BCUT2D eigenvalue weighted by atomic mass is 10.1. The van der Waals surface area contributed by atoms with Crippen LogP contribution in [-0.4, -0.2) is 103 Å². The van der Waals surface area contributed by atoms with Gasteiger partial charge in [-0.25, -0.2) is 9.97 Å². The molecule has 0 aliphatic carbocycles. The SMILES string of the molecule is CCc1nc2ccccc2n1-c1nc(N2CCOCC2)c2nc(CN3C[C@H](C)N(CC(N)=O)CC3C)n(C)c2n1. The van der Waals surface area contributed by atoms with Crippen LogP contribution < -0.4 is 10.6 Å². The van der Waals surface area contributed by atoms with Gasteiger partial charge >= 0.3 is 0 Å². The number of aromatic nitrogens is 6. The molecule has 4 aromatic rings. The molecule has 5 heterocycles. The molecule has 2 atom stereocenters. The molecule has 212 valence electrons. The van der Waals surface area contributed by atoms with E-state index >= 15 is 0 Å². The van der Waals surface area contributed by atoms with Gasteiger partial charge < -0.3 is 19.9 Å². The van der Waals surface area contributed by atoms with Crippen LogP contribution in [0.1, 0.15) is 32.4 Å². The van der Waals surface area contributed by atoms with Crippen molar-refractivity contribution in [1.82, 2.24) is 38.9 Å². The number of nitrogens with two attached hydrogens (primary N) is 1. The van der Waals surface area contributed by atoms with Crippen molar-refractivity contribution in [3.05, 3.63) is 35.9 Å². The van der Waals surface area contributed by atoms with Crippen LogP contribution >= 0.6 is 0 Å². The van der Waals surface area contributed by atoms with Crippen molar-refractivity contribution in [3.63, 3.8) is 0 Å². The molecule has 2 saturated heterocycles. The second-order valence-electron chi connectivity index (χ2n) is 10.9. The van der Waals surface area contributed by atoms with E-state index < -0.39 is 0 Å². The number of para-hydroxylation sites is 2. The van der Waals surface area contributed by atoms with E-state index in [1.807, 2.05) is 25.2 Å². The molecular formula is C28H38N10O2. The van der Waals surface area contributed by atoms with Gasteiger partial charge in [-0.3, -0.25) is 19.2 Å². The highest BCUT2D eigenvalue weighted by molar-refractivity contribution is 5.86. The minimum atomic E-state index is -0.287. The highest BCUT2D eigenvalue weighted by Crippen LogP contribution is 2.29. The molecule has 0 radical (unpaired) electrons. The second-order valence-corrected chi connectivity index (χ2v) is 10.9. The second kappa shape index (κ2) is 10.8. The van der Waals surface area contributed by atoms with Crippen LogP contribution in [0.4, 0.5) is 5.82 Å². The first-order valence-electron chi connectivity index (χ1n) is 14.1. The number of ether oxygens (including phenoxy) is 1. The molecule has 0 spiro atoms. The predicted molar refractivity (Wildman–Crippen MR) is 153 cm³/mol. The Morgan fingerprint density at radius 2 is 1.73 bits per heavy atom. The van der Waals surface area contributed by atoms with Crippen molar-refractivity contribution in [2.24, 2.45) is 12.8 Å². The van der Waals surface area contributed by atoms with Gasteiger partial charge in [0.1, 0.15) is 11.6 Å². The van der Waals surface area contributed by atoms with Gasteiger partial charge in [0.05, 0.1) is 37.3 Å². The molecule has 1 unspecified atom stereocenters. The summed E-state index contributed by atoms with van der Waals surface area (Å²) in [5.74, 6) is 3.01. The van der Waals surface area contributed by atoms with Gasteiger partial charge in [0.25, 0.3) is 0 Å². The first kappa shape index (κ1) is 26.6. The lowest BCUT2D eigenvalue weighted by Gasteiger charge is -2.43. The molecule has 6 rings (SSSR count). The number of hydrogen-bond donors (Lipinski definition) is 1. The molecule has 2 aliphatic heterocycles. The summed E-state index contributed by atoms with van der Waals surface area (Å²) >= 11 is 0. The molecule has 3 aromatic heterocycles. The zero-order valence-electron chi connectivity index (χ0n) is 23.7. The third-order valence-electron chi connectivity index (χ3n) is 8.19. The fourth-order valence-corrected chi connectivity index (χ4v) is 5.95. The van der Waals surface area contributed by atoms with Crippen molar-refractivity contribution in [3.8, 4) is 5.95 Å². The summed E-state index contributed by atoms with van der Waals surface area (Å²) in [7, 11) is 2.04. The zero-order chi connectivity index (χ0) is 28.0. The largest absolute Gasteiger partial charge is 0.378 e. The van der Waals surface area contributed by atoms with Crippen LogP contribution in [-0.2, 0) is 29.5 Å². The number of aryl methyl sites for hydroxylation is 2. The molecule has 0 saturated carbocycles. The van der Waals surface area contributed by atoms with Crippen molar-refractivity contribution in [2.75, 3.05) is 50.8 Å². The Balaban J connectivity index is 1.42. The van der Waals surface area contributed by atoms with Crippen LogP contribution in [0.15, 0.2) is 24.3 Å². The Labute approximate surface area is 233 Å². The van der Waals surface area contributed by atoms with Crippen LogP contribution in [0.25, 0.3) is 28.1 Å². The topological polar surface area (TPSA) is 123 Å². The van der Waals surface area contributed by atoms with E-state index in [0.29, 0.717) is 25.7 Å². The first-order valence-corrected chi connectivity index (χ1v) is 14.1. The van der Waals surface area contributed by atoms with Crippen molar-refractivity contribution >= 4 is 33.9 Å². The third kappa shape index (κ3) is 4.80. The number of nitrogens with zero attached hydrogens (tertiary/aromatic N) is 9. The third-order valence-corrected chi connectivity index (χ3v) is 8.19. The molecule has 40 heavy (non-hydrogen) atoms. The molecule has 12 heteroatoms. The Bertz CT molecular complexity index is 1540. The van der Waals surface area contributed by atoms with Crippen molar-refractivity contribution < 1.29 is 9.53 Å². The van der Waals surface area contributed by atoms with E-state index in [2.05, 4.69) is 50.7 Å². The molecular weight excluding hydrogens is 508 g/mol. The van der Waals surface area contributed by atoms with E-state index in [4.69, 9.17) is 30.4 Å². The van der Waals surface area contributed by atoms with Crippen LogP contribution in [0.3, 0.4) is 0 Å². The molecule has 12 nitrogen and oxygen atoms in total. The number of amides is 1. The molecule has 0 bridgehead atoms. The Morgan fingerprint density at radius 3 is 2.48 bits per heavy atom. The number of morpholine rings is 1. The van der Waals surface area contributed by atoms with Crippen LogP contribution in [0, 0.1) is 0 Å². The number of piperazine rings is 1. The lowest BCUT2D eigenvalue weighted by molar-refractivity contribution is -0.120. The van der Waals surface area contributed by atoms with Gasteiger partial charge in [-0.1, -0.05) is 19.1 Å². The minimum absolute atomic E-state index is 0.218. The van der Waals surface area contributed by atoms with E-state index in [0.717, 1.165) is 72.3 Å². The maximum atomic E-state index is 11.5.